The summed E-state index contributed by atoms with van der Waals surface area (Å²) in [7, 11) is 0. The van der Waals surface area contributed by atoms with E-state index in [1.165, 1.54) is 0 Å². The van der Waals surface area contributed by atoms with E-state index in [9.17, 15) is 9.90 Å². The lowest BCUT2D eigenvalue weighted by Crippen LogP contribution is -2.05. The summed E-state index contributed by atoms with van der Waals surface area (Å²) >= 11 is 0. The Bertz CT molecular complexity index is 541. The summed E-state index contributed by atoms with van der Waals surface area (Å²) in [5.74, 6) is -0.487. The standard InChI is InChI=1S/C17H20O3/c1-2-3-11-20-16-12-14(9-10-15(16)17(18)19)13-7-5-4-6-8-13/h5,7-10,12H,2-4,6,11H2,1H3,(H,18,19). The zero-order valence-corrected chi connectivity index (χ0v) is 11.8. The van der Waals surface area contributed by atoms with Gasteiger partial charge in [0, 0.05) is 0 Å². The number of carbonyl (C=O) groups is 1. The number of benzene rings is 1. The Labute approximate surface area is 119 Å². The normalized spacial score (nSPS) is 13.9. The van der Waals surface area contributed by atoms with E-state index in [-0.39, 0.29) is 5.56 Å². The Morgan fingerprint density at radius 3 is 2.85 bits per heavy atom. The molecule has 0 bridgehead atoms. The van der Waals surface area contributed by atoms with Crippen LogP contribution in [0.4, 0.5) is 0 Å². The van der Waals surface area contributed by atoms with Crippen molar-refractivity contribution in [2.45, 2.75) is 32.6 Å². The van der Waals surface area contributed by atoms with Crippen molar-refractivity contribution in [2.24, 2.45) is 0 Å². The van der Waals surface area contributed by atoms with Crippen LogP contribution >= 0.6 is 0 Å². The van der Waals surface area contributed by atoms with Crippen LogP contribution in [0.15, 0.2) is 36.4 Å². The molecule has 0 fully saturated rings. The molecule has 0 atom stereocenters. The van der Waals surface area contributed by atoms with Crippen molar-refractivity contribution in [3.63, 3.8) is 0 Å². The number of aromatic carboxylic acids is 1. The second-order valence-electron chi connectivity index (χ2n) is 4.86. The molecule has 0 unspecified atom stereocenters. The van der Waals surface area contributed by atoms with Gasteiger partial charge >= 0.3 is 5.97 Å². The largest absolute Gasteiger partial charge is 0.493 e. The molecular weight excluding hydrogens is 252 g/mol. The van der Waals surface area contributed by atoms with Crippen molar-refractivity contribution in [3.05, 3.63) is 47.6 Å². The van der Waals surface area contributed by atoms with E-state index in [4.69, 9.17) is 4.74 Å². The second-order valence-corrected chi connectivity index (χ2v) is 4.86. The minimum atomic E-state index is -0.948. The third-order valence-electron chi connectivity index (χ3n) is 3.30. The Balaban J connectivity index is 2.27. The van der Waals surface area contributed by atoms with Gasteiger partial charge in [0.25, 0.3) is 0 Å². The van der Waals surface area contributed by atoms with Crippen LogP contribution in [-0.2, 0) is 0 Å². The molecule has 0 aliphatic heterocycles. The highest BCUT2D eigenvalue weighted by molar-refractivity contribution is 5.92. The lowest BCUT2D eigenvalue weighted by atomic mass is 9.98. The summed E-state index contributed by atoms with van der Waals surface area (Å²) in [5.41, 5.74) is 2.37. The van der Waals surface area contributed by atoms with Crippen LogP contribution in [0.2, 0.25) is 0 Å². The molecule has 0 aromatic heterocycles. The zero-order valence-electron chi connectivity index (χ0n) is 11.8. The average molecular weight is 272 g/mol. The summed E-state index contributed by atoms with van der Waals surface area (Å²) in [4.78, 5) is 11.2. The van der Waals surface area contributed by atoms with Crippen LogP contribution in [0, 0.1) is 0 Å². The molecular formula is C17H20O3. The SMILES string of the molecule is CCCCOc1cc(C2=CCCC=C2)ccc1C(=O)O. The highest BCUT2D eigenvalue weighted by Crippen LogP contribution is 2.28. The summed E-state index contributed by atoms with van der Waals surface area (Å²) in [6, 6.07) is 5.31. The van der Waals surface area contributed by atoms with E-state index in [1.54, 1.807) is 6.07 Å². The van der Waals surface area contributed by atoms with Gasteiger partial charge in [0.1, 0.15) is 11.3 Å². The van der Waals surface area contributed by atoms with Gasteiger partial charge in [-0.3, -0.25) is 0 Å². The fourth-order valence-corrected chi connectivity index (χ4v) is 2.15. The first-order valence-corrected chi connectivity index (χ1v) is 7.09. The van der Waals surface area contributed by atoms with Gasteiger partial charge in [-0.05, 0) is 42.5 Å². The maximum absolute atomic E-state index is 11.2. The van der Waals surface area contributed by atoms with E-state index >= 15 is 0 Å². The van der Waals surface area contributed by atoms with E-state index < -0.39 is 5.97 Å². The zero-order chi connectivity index (χ0) is 14.4. The first-order valence-electron chi connectivity index (χ1n) is 7.09. The maximum Gasteiger partial charge on any atom is 0.339 e. The Kier molecular flexibility index (Phi) is 4.99. The molecule has 0 spiro atoms. The van der Waals surface area contributed by atoms with Crippen molar-refractivity contribution in [1.82, 2.24) is 0 Å². The molecule has 1 aromatic carbocycles. The van der Waals surface area contributed by atoms with Gasteiger partial charge in [-0.25, -0.2) is 4.79 Å². The number of carboxylic acid groups (broad SMARTS) is 1. The smallest absolute Gasteiger partial charge is 0.339 e. The van der Waals surface area contributed by atoms with E-state index in [1.807, 2.05) is 12.1 Å². The quantitative estimate of drug-likeness (QED) is 0.785. The number of ether oxygens (including phenoxy) is 1. The number of unbranched alkanes of at least 4 members (excludes halogenated alkanes) is 1. The van der Waals surface area contributed by atoms with Gasteiger partial charge in [0.05, 0.1) is 6.61 Å². The van der Waals surface area contributed by atoms with Crippen LogP contribution < -0.4 is 4.74 Å². The van der Waals surface area contributed by atoms with Gasteiger partial charge in [-0.15, -0.1) is 0 Å². The number of hydrogen-bond donors (Lipinski definition) is 1. The van der Waals surface area contributed by atoms with Gasteiger partial charge in [-0.1, -0.05) is 37.6 Å². The van der Waals surface area contributed by atoms with E-state index in [0.29, 0.717) is 12.4 Å². The summed E-state index contributed by atoms with van der Waals surface area (Å²) in [6.07, 6.45) is 10.4. The summed E-state index contributed by atoms with van der Waals surface area (Å²) in [5, 5.41) is 9.21. The Hall–Kier alpha value is -2.03. The molecule has 106 valence electrons. The molecule has 1 N–H and O–H groups in total. The molecule has 3 heteroatoms. The molecule has 0 radical (unpaired) electrons. The van der Waals surface area contributed by atoms with Crippen molar-refractivity contribution < 1.29 is 14.6 Å². The van der Waals surface area contributed by atoms with Crippen molar-refractivity contribution in [2.75, 3.05) is 6.61 Å². The highest BCUT2D eigenvalue weighted by atomic mass is 16.5. The van der Waals surface area contributed by atoms with Crippen LogP contribution in [0.25, 0.3) is 5.57 Å². The molecule has 3 nitrogen and oxygen atoms in total. The fraction of sp³-hybridized carbons (Fsp3) is 0.353. The monoisotopic (exact) mass is 272 g/mol. The third-order valence-corrected chi connectivity index (χ3v) is 3.30. The van der Waals surface area contributed by atoms with Gasteiger partial charge in [0.15, 0.2) is 0 Å². The van der Waals surface area contributed by atoms with E-state index in [2.05, 4.69) is 25.2 Å². The first kappa shape index (κ1) is 14.4. The Morgan fingerprint density at radius 1 is 1.35 bits per heavy atom. The summed E-state index contributed by atoms with van der Waals surface area (Å²) in [6.45, 7) is 2.63. The van der Waals surface area contributed by atoms with Crippen molar-refractivity contribution in [3.8, 4) is 5.75 Å². The molecule has 0 saturated carbocycles. The summed E-state index contributed by atoms with van der Waals surface area (Å²) < 4.78 is 5.64. The van der Waals surface area contributed by atoms with Crippen LogP contribution in [0.3, 0.4) is 0 Å². The maximum atomic E-state index is 11.2. The number of hydrogen-bond acceptors (Lipinski definition) is 2. The predicted octanol–water partition coefficient (Wildman–Crippen LogP) is 4.30. The van der Waals surface area contributed by atoms with Gasteiger partial charge in [0.2, 0.25) is 0 Å². The molecule has 1 aliphatic carbocycles. The molecule has 0 saturated heterocycles. The highest BCUT2D eigenvalue weighted by Gasteiger charge is 2.13. The topological polar surface area (TPSA) is 46.5 Å². The van der Waals surface area contributed by atoms with Gasteiger partial charge in [-0.2, -0.15) is 0 Å². The minimum absolute atomic E-state index is 0.227. The average Bonchev–Trinajstić information content (AvgIpc) is 2.48. The molecule has 0 heterocycles. The predicted molar refractivity (Wildman–Crippen MR) is 80.2 cm³/mol. The fourth-order valence-electron chi connectivity index (χ4n) is 2.15. The van der Waals surface area contributed by atoms with Gasteiger partial charge < -0.3 is 9.84 Å². The molecule has 0 amide bonds. The number of carboxylic acids is 1. The lowest BCUT2D eigenvalue weighted by Gasteiger charge is -2.12. The van der Waals surface area contributed by atoms with Crippen LogP contribution in [0.5, 0.6) is 5.75 Å². The minimum Gasteiger partial charge on any atom is -0.493 e. The van der Waals surface area contributed by atoms with E-state index in [0.717, 1.165) is 36.8 Å². The van der Waals surface area contributed by atoms with Crippen LogP contribution in [-0.4, -0.2) is 17.7 Å². The Morgan fingerprint density at radius 2 is 2.20 bits per heavy atom. The van der Waals surface area contributed by atoms with Crippen LogP contribution in [0.1, 0.15) is 48.5 Å². The number of allylic oxidation sites excluding steroid dienone is 4. The second kappa shape index (κ2) is 6.94. The first-order chi connectivity index (χ1) is 9.72. The number of rotatable bonds is 6. The third kappa shape index (κ3) is 3.50. The molecule has 2 rings (SSSR count). The van der Waals surface area contributed by atoms with Crippen molar-refractivity contribution in [1.29, 1.82) is 0 Å². The molecule has 1 aromatic rings. The molecule has 20 heavy (non-hydrogen) atoms. The lowest BCUT2D eigenvalue weighted by molar-refractivity contribution is 0.0692. The van der Waals surface area contributed by atoms with Crippen molar-refractivity contribution >= 4 is 11.5 Å². The molecule has 1 aliphatic rings.